The van der Waals surface area contributed by atoms with Gasteiger partial charge in [0.2, 0.25) is 0 Å². The van der Waals surface area contributed by atoms with Gasteiger partial charge >= 0.3 is 11.9 Å². The van der Waals surface area contributed by atoms with Crippen LogP contribution in [0.4, 0.5) is 0 Å². The number of rotatable bonds is 12. The monoisotopic (exact) mass is 902 g/mol. The lowest BCUT2D eigenvalue weighted by molar-refractivity contribution is -0.141. The summed E-state index contributed by atoms with van der Waals surface area (Å²) >= 11 is 1.51. The first kappa shape index (κ1) is 43.0. The Bertz CT molecular complexity index is 3730. The molecular weight excluding hydrogens is 861 g/mol. The summed E-state index contributed by atoms with van der Waals surface area (Å²) in [5.41, 5.74) is 7.29. The van der Waals surface area contributed by atoms with Gasteiger partial charge < -0.3 is 18.8 Å². The fourth-order valence-electron chi connectivity index (χ4n) is 8.54. The van der Waals surface area contributed by atoms with Gasteiger partial charge in [0.15, 0.2) is 21.0 Å². The molecule has 0 radical (unpaired) electrons. The van der Waals surface area contributed by atoms with Crippen molar-refractivity contribution in [2.75, 3.05) is 11.5 Å². The maximum absolute atomic E-state index is 14.2. The summed E-state index contributed by atoms with van der Waals surface area (Å²) in [5, 5.41) is 12.4. The minimum atomic E-state index is -3.70. The fraction of sp³-hybridized carbons (Fsp3) is 0.176. The quantitative estimate of drug-likeness (QED) is 0.0386. The van der Waals surface area contributed by atoms with Crippen LogP contribution in [-0.4, -0.2) is 58.2 Å². The molecule has 0 aliphatic heterocycles. The van der Waals surface area contributed by atoms with Gasteiger partial charge in [-0.25, -0.2) is 18.0 Å². The topological polar surface area (TPSA) is 155 Å². The van der Waals surface area contributed by atoms with E-state index in [0.717, 1.165) is 58.6 Å². The SMILES string of the molecule is CC(=O)ON=C(C)c1ccc2c(c1)c1cc(C(=O)c3ccccc3C)ccc1n2CCS(=O)(=O)CCn1c2ccc(C(C)=NOC(C)=O)cc2c2c3sc4ccccc4c(=O)c3ccc21. The van der Waals surface area contributed by atoms with Crippen molar-refractivity contribution in [3.05, 3.63) is 153 Å². The molecule has 0 saturated carbocycles. The fourth-order valence-corrected chi connectivity index (χ4v) is 10.9. The van der Waals surface area contributed by atoms with Crippen molar-refractivity contribution in [3.8, 4) is 0 Å². The molecule has 0 unspecified atom stereocenters. The normalized spacial score (nSPS) is 12.6. The number of carbonyl (C=O) groups excluding carboxylic acids is 3. The van der Waals surface area contributed by atoms with Crippen LogP contribution < -0.4 is 5.43 Å². The molecular formula is C51H42N4O8S2. The summed E-state index contributed by atoms with van der Waals surface area (Å²) < 4.78 is 34.0. The number of fused-ring (bicyclic) bond motifs is 9. The van der Waals surface area contributed by atoms with Gasteiger partial charge in [-0.3, -0.25) is 9.59 Å². The summed E-state index contributed by atoms with van der Waals surface area (Å²) in [6.07, 6.45) is 0. The van der Waals surface area contributed by atoms with Gasteiger partial charge in [-0.05, 0) is 104 Å². The van der Waals surface area contributed by atoms with Crippen LogP contribution >= 0.6 is 11.3 Å². The lowest BCUT2D eigenvalue weighted by atomic mass is 9.97. The molecule has 3 aromatic heterocycles. The highest BCUT2D eigenvalue weighted by atomic mass is 32.2. The molecule has 14 heteroatoms. The zero-order valence-electron chi connectivity index (χ0n) is 36.2. The molecule has 326 valence electrons. The van der Waals surface area contributed by atoms with Crippen LogP contribution in [-0.2, 0) is 42.2 Å². The van der Waals surface area contributed by atoms with Crippen molar-refractivity contribution >= 4 is 114 Å². The molecule has 65 heavy (non-hydrogen) atoms. The summed E-state index contributed by atoms with van der Waals surface area (Å²) in [7, 11) is -3.70. The van der Waals surface area contributed by atoms with Gasteiger partial charge in [-0.2, -0.15) is 0 Å². The van der Waals surface area contributed by atoms with Crippen molar-refractivity contribution in [1.29, 1.82) is 0 Å². The molecule has 0 amide bonds. The van der Waals surface area contributed by atoms with Gasteiger partial charge in [0, 0.05) is 96.3 Å². The Labute approximate surface area is 376 Å². The van der Waals surface area contributed by atoms with Crippen LogP contribution in [0, 0.1) is 6.92 Å². The second-order valence-corrected chi connectivity index (χ2v) is 19.4. The van der Waals surface area contributed by atoms with E-state index in [1.165, 1.54) is 25.2 Å². The predicted molar refractivity (Wildman–Crippen MR) is 259 cm³/mol. The number of hydrogen-bond donors (Lipinski definition) is 0. The van der Waals surface area contributed by atoms with Gasteiger partial charge in [-0.1, -0.05) is 58.8 Å². The number of ketones is 1. The summed E-state index contributed by atoms with van der Waals surface area (Å²) in [4.78, 5) is 60.6. The lowest BCUT2D eigenvalue weighted by Gasteiger charge is -2.12. The van der Waals surface area contributed by atoms with Crippen molar-refractivity contribution in [2.24, 2.45) is 10.3 Å². The average Bonchev–Trinajstić information content (AvgIpc) is 3.79. The van der Waals surface area contributed by atoms with E-state index in [0.29, 0.717) is 44.4 Å². The summed E-state index contributed by atoms with van der Waals surface area (Å²) in [6.45, 7) is 8.18. The Morgan fingerprint density at radius 2 is 1.09 bits per heavy atom. The van der Waals surface area contributed by atoms with E-state index in [1.807, 2.05) is 119 Å². The van der Waals surface area contributed by atoms with Crippen LogP contribution in [0.2, 0.25) is 0 Å². The largest absolute Gasteiger partial charge is 0.339 e. The van der Waals surface area contributed by atoms with E-state index in [1.54, 1.807) is 26.0 Å². The zero-order chi connectivity index (χ0) is 45.7. The average molecular weight is 903 g/mol. The van der Waals surface area contributed by atoms with E-state index in [2.05, 4.69) is 10.3 Å². The van der Waals surface area contributed by atoms with Crippen molar-refractivity contribution in [1.82, 2.24) is 9.13 Å². The van der Waals surface area contributed by atoms with Gasteiger partial charge in [0.25, 0.3) is 0 Å². The first-order valence-corrected chi connectivity index (χ1v) is 23.6. The first-order valence-electron chi connectivity index (χ1n) is 20.9. The third-order valence-corrected chi connectivity index (χ3v) is 14.6. The van der Waals surface area contributed by atoms with E-state index < -0.39 is 21.8 Å². The molecule has 0 atom stereocenters. The Morgan fingerprint density at radius 1 is 0.585 bits per heavy atom. The van der Waals surface area contributed by atoms with Gasteiger partial charge in [0.05, 0.1) is 28.4 Å². The van der Waals surface area contributed by atoms with Crippen LogP contribution in [0.3, 0.4) is 0 Å². The lowest BCUT2D eigenvalue weighted by Crippen LogP contribution is -2.19. The molecule has 9 aromatic rings. The molecule has 9 rings (SSSR count). The smallest absolute Gasteiger partial charge is 0.331 e. The van der Waals surface area contributed by atoms with Crippen molar-refractivity contribution in [3.63, 3.8) is 0 Å². The molecule has 0 fully saturated rings. The minimum absolute atomic E-state index is 0.0795. The molecule has 12 nitrogen and oxygen atoms in total. The van der Waals surface area contributed by atoms with E-state index >= 15 is 0 Å². The highest BCUT2D eigenvalue weighted by molar-refractivity contribution is 7.91. The first-order chi connectivity index (χ1) is 31.2. The second-order valence-electron chi connectivity index (χ2n) is 16.1. The molecule has 0 aliphatic carbocycles. The molecule has 3 heterocycles. The van der Waals surface area contributed by atoms with E-state index in [9.17, 15) is 27.6 Å². The number of aromatic nitrogens is 2. The van der Waals surface area contributed by atoms with Crippen LogP contribution in [0.15, 0.2) is 130 Å². The standard InChI is InChI=1S/C51H42N4O8S2/c1-29-10-6-7-11-37(29)49(58)36-16-20-44-41(28-36)40-26-34(30(2)52-62-32(4)56)14-18-43(40)54(44)22-24-65(60,61)25-23-55-45-19-15-35(31(3)53-63-33(5)57)27-42(45)48-46(55)21-17-39-50(59)38-12-8-9-13-47(38)64-51(39)48/h6-21,26-28H,22-25H2,1-5H3. The minimum Gasteiger partial charge on any atom is -0.339 e. The predicted octanol–water partition coefficient (Wildman–Crippen LogP) is 9.86. The van der Waals surface area contributed by atoms with Crippen LogP contribution in [0.1, 0.15) is 60.3 Å². The van der Waals surface area contributed by atoms with E-state index in [-0.39, 0.29) is 35.8 Å². The van der Waals surface area contributed by atoms with Crippen molar-refractivity contribution < 1.29 is 32.5 Å². The van der Waals surface area contributed by atoms with Gasteiger partial charge in [0.1, 0.15) is 0 Å². The third-order valence-electron chi connectivity index (χ3n) is 11.8. The number of benzene rings is 6. The van der Waals surface area contributed by atoms with Crippen LogP contribution in [0.5, 0.6) is 0 Å². The van der Waals surface area contributed by atoms with E-state index in [4.69, 9.17) is 9.68 Å². The molecule has 6 aromatic carbocycles. The molecule has 0 saturated heterocycles. The van der Waals surface area contributed by atoms with Gasteiger partial charge in [-0.15, -0.1) is 11.3 Å². The number of sulfone groups is 1. The maximum Gasteiger partial charge on any atom is 0.331 e. The maximum atomic E-state index is 14.2. The molecule has 0 spiro atoms. The highest BCUT2D eigenvalue weighted by Gasteiger charge is 2.22. The number of carbonyl (C=O) groups is 3. The summed E-state index contributed by atoms with van der Waals surface area (Å²) in [5.74, 6) is -1.56. The summed E-state index contributed by atoms with van der Waals surface area (Å²) in [6, 6.07) is 35.4. The number of hydrogen-bond acceptors (Lipinski definition) is 11. The second kappa shape index (κ2) is 17.0. The Hall–Kier alpha value is -7.29. The molecule has 0 aliphatic rings. The Morgan fingerprint density at radius 3 is 1.71 bits per heavy atom. The molecule has 0 bridgehead atoms. The van der Waals surface area contributed by atoms with Crippen molar-refractivity contribution in [2.45, 2.75) is 47.7 Å². The number of oxime groups is 2. The van der Waals surface area contributed by atoms with Crippen LogP contribution in [0.25, 0.3) is 63.8 Å². The highest BCUT2D eigenvalue weighted by Crippen LogP contribution is 2.39. The number of nitrogens with zero attached hydrogens (tertiary/aromatic N) is 4. The third kappa shape index (κ3) is 8.11. The molecule has 0 N–H and O–H groups in total. The Balaban J connectivity index is 1.09. The zero-order valence-corrected chi connectivity index (χ0v) is 37.8. The number of aryl methyl sites for hydroxylation is 3. The Kier molecular flexibility index (Phi) is 11.3.